The van der Waals surface area contributed by atoms with Gasteiger partial charge in [-0.25, -0.2) is 0 Å². The fourth-order valence-corrected chi connectivity index (χ4v) is 4.43. The van der Waals surface area contributed by atoms with E-state index in [-0.39, 0.29) is 5.56 Å². The van der Waals surface area contributed by atoms with Crippen LogP contribution in [0, 0.1) is 0 Å². The van der Waals surface area contributed by atoms with Gasteiger partial charge in [0.1, 0.15) is 11.5 Å². The Morgan fingerprint density at radius 2 is 1.93 bits per heavy atom. The topological polar surface area (TPSA) is 63.4 Å². The molecule has 0 fully saturated rings. The first-order valence-corrected chi connectivity index (χ1v) is 10.6. The number of ether oxygens (including phenoxy) is 2. The highest BCUT2D eigenvalue weighted by molar-refractivity contribution is 7.19. The number of nitrogens with one attached hydrogen (secondary N) is 2. The van der Waals surface area contributed by atoms with E-state index in [1.165, 1.54) is 21.0 Å². The van der Waals surface area contributed by atoms with Crippen LogP contribution in [0.4, 0.5) is 0 Å². The number of fused-ring (bicyclic) bond motifs is 2. The molecule has 4 rings (SSSR count). The smallest absolute Gasteiger partial charge is 0.248 e. The van der Waals surface area contributed by atoms with Crippen molar-refractivity contribution >= 4 is 32.3 Å². The van der Waals surface area contributed by atoms with Crippen LogP contribution in [0.2, 0.25) is 0 Å². The minimum Gasteiger partial charge on any atom is -0.495 e. The maximum atomic E-state index is 11.4. The van der Waals surface area contributed by atoms with Crippen LogP contribution in [0.3, 0.4) is 0 Å². The van der Waals surface area contributed by atoms with E-state index in [1.54, 1.807) is 18.4 Å². The molecule has 0 saturated carbocycles. The molecule has 2 aromatic carbocycles. The zero-order chi connectivity index (χ0) is 20.1. The molecule has 0 amide bonds. The van der Waals surface area contributed by atoms with Gasteiger partial charge in [-0.2, -0.15) is 0 Å². The third-order valence-electron chi connectivity index (χ3n) is 4.79. The maximum absolute atomic E-state index is 11.4. The molecule has 0 aliphatic rings. The number of hydrogen-bond donors (Lipinski definition) is 2. The minimum atomic E-state index is -0.0993. The molecule has 5 nitrogen and oxygen atoms in total. The van der Waals surface area contributed by atoms with Crippen LogP contribution in [0.5, 0.6) is 11.5 Å². The summed E-state index contributed by atoms with van der Waals surface area (Å²) in [6, 6.07) is 17.5. The number of rotatable bonds is 9. The number of hydrogen-bond acceptors (Lipinski definition) is 5. The summed E-state index contributed by atoms with van der Waals surface area (Å²) in [7, 11) is 1.71. The van der Waals surface area contributed by atoms with E-state index in [0.717, 1.165) is 48.3 Å². The zero-order valence-electron chi connectivity index (χ0n) is 16.4. The Labute approximate surface area is 173 Å². The number of unbranched alkanes of at least 4 members (excludes halogenated alkanes) is 1. The van der Waals surface area contributed by atoms with Crippen molar-refractivity contribution in [2.75, 3.05) is 20.3 Å². The molecule has 2 heterocycles. The van der Waals surface area contributed by atoms with Crippen LogP contribution in [0.25, 0.3) is 21.0 Å². The van der Waals surface area contributed by atoms with Crippen molar-refractivity contribution < 1.29 is 9.47 Å². The maximum Gasteiger partial charge on any atom is 0.248 e. The first kappa shape index (κ1) is 19.5. The molecule has 2 N–H and O–H groups in total. The Bertz CT molecular complexity index is 1170. The third-order valence-corrected chi connectivity index (χ3v) is 5.96. The monoisotopic (exact) mass is 408 g/mol. The van der Waals surface area contributed by atoms with Crippen molar-refractivity contribution in [1.82, 2.24) is 10.3 Å². The molecule has 0 aliphatic heterocycles. The van der Waals surface area contributed by atoms with Crippen molar-refractivity contribution in [1.29, 1.82) is 0 Å². The van der Waals surface area contributed by atoms with Crippen LogP contribution in [0.1, 0.15) is 17.7 Å². The number of aromatic amines is 1. The molecule has 0 unspecified atom stereocenters. The normalized spacial score (nSPS) is 11.2. The molecule has 0 saturated heterocycles. The molecule has 0 bridgehead atoms. The molecule has 4 aromatic rings. The summed E-state index contributed by atoms with van der Waals surface area (Å²) in [6.07, 6.45) is 2.01. The predicted octanol–water partition coefficient (Wildman–Crippen LogP) is 4.70. The lowest BCUT2D eigenvalue weighted by Gasteiger charge is -2.07. The molecule has 6 heteroatoms. The molecule has 150 valence electrons. The first-order chi connectivity index (χ1) is 14.2. The van der Waals surface area contributed by atoms with E-state index in [2.05, 4.69) is 22.4 Å². The fraction of sp³-hybridized carbons (Fsp3) is 0.261. The van der Waals surface area contributed by atoms with Gasteiger partial charge in [-0.15, -0.1) is 11.3 Å². The van der Waals surface area contributed by atoms with Gasteiger partial charge < -0.3 is 19.8 Å². The van der Waals surface area contributed by atoms with Gasteiger partial charge in [0, 0.05) is 23.6 Å². The number of thiophene rings is 1. The Kier molecular flexibility index (Phi) is 6.12. The molecule has 0 aliphatic carbocycles. The van der Waals surface area contributed by atoms with Gasteiger partial charge in [0.2, 0.25) is 5.56 Å². The van der Waals surface area contributed by atoms with Crippen molar-refractivity contribution in [2.45, 2.75) is 19.4 Å². The molecular formula is C23H24N2O3S. The fourth-order valence-electron chi connectivity index (χ4n) is 3.31. The van der Waals surface area contributed by atoms with Crippen molar-refractivity contribution in [3.63, 3.8) is 0 Å². The van der Waals surface area contributed by atoms with Crippen LogP contribution in [-0.2, 0) is 6.54 Å². The average molecular weight is 409 g/mol. The standard InChI is InChI=1S/C23H24N2O3S/c1-27-21-6-4-5-17-13-19(29-23(17)21)15-24-11-2-3-12-28-18-9-7-16-8-10-22(26)25-20(16)14-18/h4-10,13-14,24H,2-3,11-12,15H2,1H3,(H,25,26). The average Bonchev–Trinajstić information content (AvgIpc) is 3.15. The highest BCUT2D eigenvalue weighted by Gasteiger charge is 2.06. The molecule has 2 aromatic heterocycles. The van der Waals surface area contributed by atoms with E-state index in [1.807, 2.05) is 36.4 Å². The molecule has 29 heavy (non-hydrogen) atoms. The second kappa shape index (κ2) is 9.11. The molecule has 0 spiro atoms. The number of benzene rings is 2. The highest BCUT2D eigenvalue weighted by Crippen LogP contribution is 2.33. The second-order valence-electron chi connectivity index (χ2n) is 6.90. The summed E-state index contributed by atoms with van der Waals surface area (Å²) in [4.78, 5) is 15.6. The zero-order valence-corrected chi connectivity index (χ0v) is 17.2. The largest absolute Gasteiger partial charge is 0.495 e. The number of pyridine rings is 1. The van der Waals surface area contributed by atoms with Crippen LogP contribution < -0.4 is 20.3 Å². The van der Waals surface area contributed by atoms with Crippen LogP contribution >= 0.6 is 11.3 Å². The van der Waals surface area contributed by atoms with E-state index in [9.17, 15) is 4.79 Å². The van der Waals surface area contributed by atoms with Crippen molar-refractivity contribution in [3.05, 3.63) is 69.8 Å². The van der Waals surface area contributed by atoms with E-state index < -0.39 is 0 Å². The van der Waals surface area contributed by atoms with Gasteiger partial charge in [-0.1, -0.05) is 12.1 Å². The van der Waals surface area contributed by atoms with Gasteiger partial charge in [0.05, 0.1) is 23.9 Å². The SMILES string of the molecule is COc1cccc2cc(CNCCCCOc3ccc4ccc(=O)[nH]c4c3)sc12. The summed E-state index contributed by atoms with van der Waals surface area (Å²) in [6.45, 7) is 2.46. The van der Waals surface area contributed by atoms with Gasteiger partial charge in [-0.05, 0) is 60.5 Å². The van der Waals surface area contributed by atoms with Crippen LogP contribution in [-0.4, -0.2) is 25.2 Å². The summed E-state index contributed by atoms with van der Waals surface area (Å²) in [5, 5.41) is 5.74. The number of methoxy groups -OCH3 is 1. The van der Waals surface area contributed by atoms with Gasteiger partial charge >= 0.3 is 0 Å². The van der Waals surface area contributed by atoms with E-state index in [4.69, 9.17) is 9.47 Å². The Morgan fingerprint density at radius 3 is 2.83 bits per heavy atom. The second-order valence-corrected chi connectivity index (χ2v) is 8.03. The van der Waals surface area contributed by atoms with E-state index in [0.29, 0.717) is 6.61 Å². The lowest BCUT2D eigenvalue weighted by Crippen LogP contribution is -2.14. The predicted molar refractivity (Wildman–Crippen MR) is 119 cm³/mol. The summed E-state index contributed by atoms with van der Waals surface area (Å²) >= 11 is 1.78. The quantitative estimate of drug-likeness (QED) is 0.394. The molecular weight excluding hydrogens is 384 g/mol. The Morgan fingerprint density at radius 1 is 1.03 bits per heavy atom. The highest BCUT2D eigenvalue weighted by atomic mass is 32.1. The van der Waals surface area contributed by atoms with Gasteiger partial charge in [0.25, 0.3) is 0 Å². The lowest BCUT2D eigenvalue weighted by molar-refractivity contribution is 0.306. The summed E-state index contributed by atoms with van der Waals surface area (Å²) < 4.78 is 12.5. The Balaban J connectivity index is 1.19. The van der Waals surface area contributed by atoms with Crippen LogP contribution in [0.15, 0.2) is 59.4 Å². The third kappa shape index (κ3) is 4.78. The minimum absolute atomic E-state index is 0.0993. The molecule has 0 atom stereocenters. The lowest BCUT2D eigenvalue weighted by atomic mass is 10.2. The first-order valence-electron chi connectivity index (χ1n) is 9.75. The molecule has 0 radical (unpaired) electrons. The summed E-state index contributed by atoms with van der Waals surface area (Å²) in [5.41, 5.74) is 0.703. The van der Waals surface area contributed by atoms with Crippen molar-refractivity contribution in [2.24, 2.45) is 0 Å². The van der Waals surface area contributed by atoms with Gasteiger partial charge in [0.15, 0.2) is 0 Å². The van der Waals surface area contributed by atoms with Gasteiger partial charge in [-0.3, -0.25) is 4.79 Å². The number of H-pyrrole nitrogens is 1. The summed E-state index contributed by atoms with van der Waals surface area (Å²) in [5.74, 6) is 1.72. The van der Waals surface area contributed by atoms with E-state index >= 15 is 0 Å². The van der Waals surface area contributed by atoms with Crippen molar-refractivity contribution in [3.8, 4) is 11.5 Å². The Hall–Kier alpha value is -2.83. The number of aromatic nitrogens is 1.